The van der Waals surface area contributed by atoms with Crippen LogP contribution in [0.2, 0.25) is 0 Å². The second-order valence-corrected chi connectivity index (χ2v) is 4.13. The average molecular weight is 223 g/mol. The number of carbonyl (C=O) groups is 1. The molecule has 0 aromatic heterocycles. The van der Waals surface area contributed by atoms with Gasteiger partial charge in [0.2, 0.25) is 5.91 Å². The molecule has 0 atom stereocenters. The van der Waals surface area contributed by atoms with E-state index in [-0.39, 0.29) is 5.91 Å². The van der Waals surface area contributed by atoms with E-state index in [1.807, 2.05) is 4.90 Å². The highest BCUT2D eigenvalue weighted by Gasteiger charge is 2.11. The first kappa shape index (κ1) is 14.7. The van der Waals surface area contributed by atoms with Gasteiger partial charge >= 0.3 is 0 Å². The van der Waals surface area contributed by atoms with Crippen LogP contribution < -0.4 is 5.32 Å². The van der Waals surface area contributed by atoms with E-state index in [1.165, 1.54) is 0 Å². The Balaban J connectivity index is 4.03. The normalized spacial score (nSPS) is 10.2. The van der Waals surface area contributed by atoms with Crippen LogP contribution in [-0.4, -0.2) is 37.0 Å². The molecule has 0 saturated heterocycles. The molecule has 0 fully saturated rings. The fraction of sp³-hybridized carbons (Fsp3) is 0.667. The third kappa shape index (κ3) is 8.01. The lowest BCUT2D eigenvalue weighted by atomic mass is 10.2. The largest absolute Gasteiger partial charge is 0.352 e. The molecule has 0 rings (SSSR count). The maximum Gasteiger partial charge on any atom is 0.234 e. The summed E-state index contributed by atoms with van der Waals surface area (Å²) in [6.45, 7) is 10.1. The summed E-state index contributed by atoms with van der Waals surface area (Å²) in [5.41, 5.74) is 0. The summed E-state index contributed by atoms with van der Waals surface area (Å²) in [6, 6.07) is 2.10. The quantitative estimate of drug-likeness (QED) is 0.628. The van der Waals surface area contributed by atoms with Crippen molar-refractivity contribution in [2.75, 3.05) is 26.2 Å². The molecule has 0 spiro atoms. The van der Waals surface area contributed by atoms with Gasteiger partial charge in [0, 0.05) is 26.1 Å². The second kappa shape index (κ2) is 8.93. The molecule has 0 heterocycles. The minimum atomic E-state index is -0.0153. The van der Waals surface area contributed by atoms with Crippen LogP contribution in [0.25, 0.3) is 0 Å². The van der Waals surface area contributed by atoms with Gasteiger partial charge in [-0.15, -0.1) is 6.58 Å². The van der Waals surface area contributed by atoms with Gasteiger partial charge in [-0.05, 0) is 5.92 Å². The highest BCUT2D eigenvalue weighted by Crippen LogP contribution is 1.99. The third-order valence-electron chi connectivity index (χ3n) is 1.97. The summed E-state index contributed by atoms with van der Waals surface area (Å²) >= 11 is 0. The van der Waals surface area contributed by atoms with E-state index in [1.54, 1.807) is 6.08 Å². The van der Waals surface area contributed by atoms with Gasteiger partial charge in [-0.3, -0.25) is 9.69 Å². The van der Waals surface area contributed by atoms with Crippen LogP contribution in [-0.2, 0) is 4.79 Å². The summed E-state index contributed by atoms with van der Waals surface area (Å²) in [7, 11) is 0. The molecule has 4 nitrogen and oxygen atoms in total. The maximum atomic E-state index is 11.5. The molecule has 0 aromatic carbocycles. The minimum Gasteiger partial charge on any atom is -0.352 e. The van der Waals surface area contributed by atoms with Crippen LogP contribution in [0.5, 0.6) is 0 Å². The number of nitriles is 1. The molecule has 0 aliphatic heterocycles. The topological polar surface area (TPSA) is 56.1 Å². The van der Waals surface area contributed by atoms with E-state index in [0.29, 0.717) is 32.0 Å². The summed E-state index contributed by atoms with van der Waals surface area (Å²) in [5, 5.41) is 11.3. The van der Waals surface area contributed by atoms with Crippen molar-refractivity contribution in [1.82, 2.24) is 10.2 Å². The number of nitrogens with one attached hydrogen (secondary N) is 1. The molecule has 1 amide bonds. The Hall–Kier alpha value is -1.34. The van der Waals surface area contributed by atoms with Crippen molar-refractivity contribution in [1.29, 1.82) is 5.26 Å². The first-order valence-corrected chi connectivity index (χ1v) is 5.57. The summed E-state index contributed by atoms with van der Waals surface area (Å²) < 4.78 is 0. The molecule has 0 aromatic rings. The van der Waals surface area contributed by atoms with E-state index < -0.39 is 0 Å². The number of hydrogen-bond donors (Lipinski definition) is 1. The summed E-state index contributed by atoms with van der Waals surface area (Å²) in [6.07, 6.45) is 2.11. The molecule has 0 unspecified atom stereocenters. The van der Waals surface area contributed by atoms with Crippen LogP contribution in [0.3, 0.4) is 0 Å². The SMILES string of the molecule is C=CCNC(=O)CN(CCC#N)CC(C)C. The van der Waals surface area contributed by atoms with Crippen molar-refractivity contribution >= 4 is 5.91 Å². The van der Waals surface area contributed by atoms with Crippen molar-refractivity contribution in [3.8, 4) is 6.07 Å². The highest BCUT2D eigenvalue weighted by atomic mass is 16.2. The summed E-state index contributed by atoms with van der Waals surface area (Å²) in [5.74, 6) is 0.476. The Morgan fingerprint density at radius 1 is 1.62 bits per heavy atom. The Morgan fingerprint density at radius 2 is 2.31 bits per heavy atom. The zero-order chi connectivity index (χ0) is 12.4. The van der Waals surface area contributed by atoms with Gasteiger partial charge in [-0.2, -0.15) is 5.26 Å². The first-order chi connectivity index (χ1) is 7.60. The molecule has 0 aliphatic rings. The fourth-order valence-corrected chi connectivity index (χ4v) is 1.40. The summed E-state index contributed by atoms with van der Waals surface area (Å²) in [4.78, 5) is 13.5. The van der Waals surface area contributed by atoms with E-state index in [0.717, 1.165) is 6.54 Å². The van der Waals surface area contributed by atoms with Crippen LogP contribution in [0.15, 0.2) is 12.7 Å². The Labute approximate surface area is 97.9 Å². The number of amides is 1. The molecule has 0 radical (unpaired) electrons. The number of carbonyl (C=O) groups excluding carboxylic acids is 1. The smallest absolute Gasteiger partial charge is 0.234 e. The molecule has 1 N–H and O–H groups in total. The van der Waals surface area contributed by atoms with Gasteiger partial charge in [-0.1, -0.05) is 19.9 Å². The zero-order valence-electron chi connectivity index (χ0n) is 10.2. The first-order valence-electron chi connectivity index (χ1n) is 5.57. The zero-order valence-corrected chi connectivity index (χ0v) is 10.2. The van der Waals surface area contributed by atoms with Crippen LogP contribution in [0, 0.1) is 17.2 Å². The van der Waals surface area contributed by atoms with Gasteiger partial charge in [0.25, 0.3) is 0 Å². The van der Waals surface area contributed by atoms with E-state index in [4.69, 9.17) is 5.26 Å². The van der Waals surface area contributed by atoms with Gasteiger partial charge in [0.05, 0.1) is 12.6 Å². The lowest BCUT2D eigenvalue weighted by Gasteiger charge is -2.22. The fourth-order valence-electron chi connectivity index (χ4n) is 1.40. The van der Waals surface area contributed by atoms with E-state index in [9.17, 15) is 4.79 Å². The molecule has 0 bridgehead atoms. The molecule has 90 valence electrons. The standard InChI is InChI=1S/C12H21N3O/c1-4-7-14-12(16)10-15(8-5-6-13)9-11(2)3/h4,11H,1,5,7-10H2,2-3H3,(H,14,16). The van der Waals surface area contributed by atoms with Crippen molar-refractivity contribution in [2.24, 2.45) is 5.92 Å². The van der Waals surface area contributed by atoms with Crippen LogP contribution in [0.1, 0.15) is 20.3 Å². The lowest BCUT2D eigenvalue weighted by molar-refractivity contribution is -0.122. The molecule has 0 saturated carbocycles. The molecule has 16 heavy (non-hydrogen) atoms. The van der Waals surface area contributed by atoms with Gasteiger partial charge < -0.3 is 5.32 Å². The van der Waals surface area contributed by atoms with Gasteiger partial charge in [0.15, 0.2) is 0 Å². The number of nitrogens with zero attached hydrogens (tertiary/aromatic N) is 2. The second-order valence-electron chi connectivity index (χ2n) is 4.13. The van der Waals surface area contributed by atoms with Crippen molar-refractivity contribution in [2.45, 2.75) is 20.3 Å². The number of rotatable bonds is 8. The van der Waals surface area contributed by atoms with E-state index >= 15 is 0 Å². The highest BCUT2D eigenvalue weighted by molar-refractivity contribution is 5.78. The van der Waals surface area contributed by atoms with E-state index in [2.05, 4.69) is 31.8 Å². The van der Waals surface area contributed by atoms with Crippen LogP contribution >= 0.6 is 0 Å². The Kier molecular flexibility index (Phi) is 8.18. The predicted molar refractivity (Wildman–Crippen MR) is 64.7 cm³/mol. The van der Waals surface area contributed by atoms with Crippen molar-refractivity contribution < 1.29 is 4.79 Å². The average Bonchev–Trinajstić information content (AvgIpc) is 2.22. The van der Waals surface area contributed by atoms with Gasteiger partial charge in [-0.25, -0.2) is 0 Å². The molecule has 4 heteroatoms. The third-order valence-corrected chi connectivity index (χ3v) is 1.97. The number of hydrogen-bond acceptors (Lipinski definition) is 3. The monoisotopic (exact) mass is 223 g/mol. The minimum absolute atomic E-state index is 0.0153. The molecular formula is C12H21N3O. The van der Waals surface area contributed by atoms with Crippen molar-refractivity contribution in [3.05, 3.63) is 12.7 Å². The Bertz CT molecular complexity index is 255. The molecule has 0 aliphatic carbocycles. The predicted octanol–water partition coefficient (Wildman–Crippen LogP) is 1.16. The maximum absolute atomic E-state index is 11.5. The van der Waals surface area contributed by atoms with Gasteiger partial charge in [0.1, 0.15) is 0 Å². The van der Waals surface area contributed by atoms with Crippen LogP contribution in [0.4, 0.5) is 0 Å². The lowest BCUT2D eigenvalue weighted by Crippen LogP contribution is -2.39. The Morgan fingerprint density at radius 3 is 2.81 bits per heavy atom. The molecular weight excluding hydrogens is 202 g/mol. The van der Waals surface area contributed by atoms with Crippen molar-refractivity contribution in [3.63, 3.8) is 0 Å².